The highest BCUT2D eigenvalue weighted by atomic mass is 31.2. The van der Waals surface area contributed by atoms with E-state index in [1.807, 2.05) is 0 Å². The molecule has 4 fully saturated rings. The molecule has 0 unspecified atom stereocenters. The molecule has 0 amide bonds. The molecule has 4 nitrogen and oxygen atoms in total. The van der Waals surface area contributed by atoms with Crippen molar-refractivity contribution in [3.63, 3.8) is 0 Å². The summed E-state index contributed by atoms with van der Waals surface area (Å²) in [6.45, 7) is 3.25. The monoisotopic (exact) mass is 448 g/mol. The summed E-state index contributed by atoms with van der Waals surface area (Å²) < 4.78 is 47.8. The highest BCUT2D eigenvalue weighted by Crippen LogP contribution is 2.61. The van der Waals surface area contributed by atoms with Gasteiger partial charge in [0.2, 0.25) is 5.82 Å². The van der Waals surface area contributed by atoms with E-state index >= 15 is 8.78 Å². The summed E-state index contributed by atoms with van der Waals surface area (Å²) in [5.41, 5.74) is 1.13. The van der Waals surface area contributed by atoms with Gasteiger partial charge in [0.1, 0.15) is 5.75 Å². The van der Waals surface area contributed by atoms with Gasteiger partial charge in [-0.15, -0.1) is 0 Å². The maximum absolute atomic E-state index is 15.3. The Bertz CT molecular complexity index is 1050. The fraction of sp³-hybridized carbons (Fsp3) is 0.500. The van der Waals surface area contributed by atoms with Gasteiger partial charge in [-0.1, -0.05) is 6.07 Å². The molecule has 0 heterocycles. The molecule has 4 aliphatic carbocycles. The van der Waals surface area contributed by atoms with E-state index in [9.17, 15) is 14.4 Å². The van der Waals surface area contributed by atoms with Crippen molar-refractivity contribution >= 4 is 12.9 Å². The molecule has 0 aromatic heterocycles. The van der Waals surface area contributed by atoms with Crippen LogP contribution in [0.2, 0.25) is 0 Å². The topological polar surface area (TPSA) is 66.8 Å². The van der Waals surface area contributed by atoms with Crippen LogP contribution in [-0.2, 0) is 9.98 Å². The minimum atomic E-state index is -4.42. The number of hydrogen-bond donors (Lipinski definition) is 2. The third-order valence-electron chi connectivity index (χ3n) is 7.65. The average Bonchev–Trinajstić information content (AvgIpc) is 2.65. The molecule has 2 aromatic rings. The van der Waals surface area contributed by atoms with Crippen LogP contribution in [0, 0.1) is 43.2 Å². The van der Waals surface area contributed by atoms with E-state index in [4.69, 9.17) is 4.74 Å². The van der Waals surface area contributed by atoms with Crippen LogP contribution in [0.4, 0.5) is 8.78 Å². The van der Waals surface area contributed by atoms with E-state index in [1.54, 1.807) is 19.9 Å². The Labute approximate surface area is 180 Å². The van der Waals surface area contributed by atoms with Crippen LogP contribution in [0.25, 0.3) is 0 Å². The molecule has 0 spiro atoms. The maximum Gasteiger partial charge on any atom is 0.356 e. The van der Waals surface area contributed by atoms with E-state index in [1.165, 1.54) is 37.5 Å². The molecule has 2 N–H and O–H groups in total. The van der Waals surface area contributed by atoms with Gasteiger partial charge < -0.3 is 14.5 Å². The van der Waals surface area contributed by atoms with E-state index in [0.717, 1.165) is 19.3 Å². The van der Waals surface area contributed by atoms with Gasteiger partial charge >= 0.3 is 7.60 Å². The summed E-state index contributed by atoms with van der Waals surface area (Å²) in [7, 11) is -4.42. The second kappa shape index (κ2) is 7.13. The number of rotatable bonds is 4. The first-order chi connectivity index (χ1) is 14.6. The Kier molecular flexibility index (Phi) is 4.85. The van der Waals surface area contributed by atoms with Crippen molar-refractivity contribution in [1.29, 1.82) is 0 Å². The molecule has 7 heteroatoms. The van der Waals surface area contributed by atoms with Crippen molar-refractivity contribution in [3.05, 3.63) is 52.6 Å². The second-order valence-corrected chi connectivity index (χ2v) is 11.6. The zero-order valence-corrected chi connectivity index (χ0v) is 18.6. The molecule has 4 saturated carbocycles. The molecule has 0 atom stereocenters. The van der Waals surface area contributed by atoms with Crippen molar-refractivity contribution < 1.29 is 27.9 Å². The summed E-state index contributed by atoms with van der Waals surface area (Å²) in [5, 5.41) is -0.126. The van der Waals surface area contributed by atoms with Crippen LogP contribution in [0.3, 0.4) is 0 Å². The standard InChI is InChI=1S/C24H27F2O4P/c1-13-5-18(31(27,28)29)6-14(2)23(13)30-20-4-3-19(21(25)22(20)26)24-10-15-7-16(11-24)9-17(8-15)12-24/h3-6,15-17H,7-12H2,1-2H3,(H2,27,28,29). The van der Waals surface area contributed by atoms with Gasteiger partial charge in [-0.3, -0.25) is 4.57 Å². The number of halogens is 2. The smallest absolute Gasteiger partial charge is 0.356 e. The van der Waals surface area contributed by atoms with Crippen LogP contribution < -0.4 is 10.0 Å². The zero-order chi connectivity index (χ0) is 22.1. The molecule has 2 aromatic carbocycles. The quantitative estimate of drug-likeness (QED) is 0.594. The summed E-state index contributed by atoms with van der Waals surface area (Å²) in [5.74, 6) is 0.138. The van der Waals surface area contributed by atoms with Crippen LogP contribution in [0.15, 0.2) is 24.3 Å². The van der Waals surface area contributed by atoms with Gasteiger partial charge in [0.15, 0.2) is 11.6 Å². The van der Waals surface area contributed by atoms with E-state index in [0.29, 0.717) is 34.4 Å². The third kappa shape index (κ3) is 3.53. The van der Waals surface area contributed by atoms with Crippen molar-refractivity contribution in [1.82, 2.24) is 0 Å². The predicted octanol–water partition coefficient (Wildman–Crippen LogP) is 5.64. The molecule has 0 saturated heterocycles. The average molecular weight is 448 g/mol. The second-order valence-electron chi connectivity index (χ2n) is 9.99. The summed E-state index contributed by atoms with van der Waals surface area (Å²) in [6.07, 6.45) is 6.52. The molecule has 0 aliphatic heterocycles. The molecule has 4 aliphatic rings. The Balaban J connectivity index is 1.48. The SMILES string of the molecule is Cc1cc(P(=O)(O)O)cc(C)c1Oc1ccc(C23CC4CC(CC(C4)C2)C3)c(F)c1F. The molecule has 0 radical (unpaired) electrons. The third-order valence-corrected chi connectivity index (χ3v) is 8.58. The highest BCUT2D eigenvalue weighted by Gasteiger charge is 2.52. The minimum Gasteiger partial charge on any atom is -0.454 e. The first-order valence-electron chi connectivity index (χ1n) is 10.9. The lowest BCUT2D eigenvalue weighted by Gasteiger charge is -2.57. The molecular formula is C24H27F2O4P. The van der Waals surface area contributed by atoms with Crippen LogP contribution in [0.1, 0.15) is 55.2 Å². The number of ether oxygens (including phenoxy) is 1. The lowest BCUT2D eigenvalue weighted by Crippen LogP contribution is -2.49. The number of aryl methyl sites for hydroxylation is 2. The fourth-order valence-electron chi connectivity index (χ4n) is 6.83. The first kappa shape index (κ1) is 21.1. The van der Waals surface area contributed by atoms with Crippen molar-refractivity contribution in [2.24, 2.45) is 17.8 Å². The Morgan fingerprint density at radius 3 is 1.94 bits per heavy atom. The largest absolute Gasteiger partial charge is 0.454 e. The highest BCUT2D eigenvalue weighted by molar-refractivity contribution is 7.60. The molecule has 31 heavy (non-hydrogen) atoms. The zero-order valence-electron chi connectivity index (χ0n) is 17.7. The predicted molar refractivity (Wildman–Crippen MR) is 114 cm³/mol. The summed E-state index contributed by atoms with van der Waals surface area (Å²) in [4.78, 5) is 18.8. The molecule has 6 rings (SSSR count). The normalized spacial score (nSPS) is 29.4. The van der Waals surface area contributed by atoms with Gasteiger partial charge in [-0.2, -0.15) is 4.39 Å². The van der Waals surface area contributed by atoms with Gasteiger partial charge in [-0.25, -0.2) is 4.39 Å². The molecular weight excluding hydrogens is 421 g/mol. The fourth-order valence-corrected chi connectivity index (χ4v) is 7.55. The van der Waals surface area contributed by atoms with Crippen LogP contribution in [-0.4, -0.2) is 9.79 Å². The summed E-state index contributed by atoms with van der Waals surface area (Å²) >= 11 is 0. The Morgan fingerprint density at radius 1 is 0.935 bits per heavy atom. The number of hydrogen-bond acceptors (Lipinski definition) is 2. The number of benzene rings is 2. The molecule has 4 bridgehead atoms. The lowest BCUT2D eigenvalue weighted by molar-refractivity contribution is -0.00706. The van der Waals surface area contributed by atoms with Gasteiger partial charge in [0.25, 0.3) is 0 Å². The molecule has 166 valence electrons. The Morgan fingerprint density at radius 2 is 1.45 bits per heavy atom. The maximum atomic E-state index is 15.3. The van der Waals surface area contributed by atoms with E-state index in [-0.39, 0.29) is 22.2 Å². The van der Waals surface area contributed by atoms with Gasteiger partial charge in [0, 0.05) is 0 Å². The van der Waals surface area contributed by atoms with Crippen molar-refractivity contribution in [2.45, 2.75) is 57.8 Å². The lowest BCUT2D eigenvalue weighted by atomic mass is 9.48. The first-order valence-corrected chi connectivity index (χ1v) is 12.5. The van der Waals surface area contributed by atoms with Crippen molar-refractivity contribution in [2.75, 3.05) is 0 Å². The van der Waals surface area contributed by atoms with Crippen molar-refractivity contribution in [3.8, 4) is 11.5 Å². The van der Waals surface area contributed by atoms with E-state index < -0.39 is 19.2 Å². The minimum absolute atomic E-state index is 0.126. The van der Waals surface area contributed by atoms with Gasteiger partial charge in [0.05, 0.1) is 5.30 Å². The van der Waals surface area contributed by atoms with E-state index in [2.05, 4.69) is 0 Å². The Hall–Kier alpha value is -1.75. The summed E-state index contributed by atoms with van der Waals surface area (Å²) in [6, 6.07) is 5.83. The van der Waals surface area contributed by atoms with Gasteiger partial charge in [-0.05, 0) is 110 Å². The van der Waals surface area contributed by atoms with Crippen LogP contribution in [0.5, 0.6) is 11.5 Å². The van der Waals surface area contributed by atoms with Crippen LogP contribution >= 0.6 is 7.60 Å².